The third-order valence-electron chi connectivity index (χ3n) is 15.8. The van der Waals surface area contributed by atoms with Crippen molar-refractivity contribution < 1.29 is 42.9 Å². The number of nitriles is 7. The number of methoxy groups -OCH3 is 1. The van der Waals surface area contributed by atoms with Crippen molar-refractivity contribution in [1.29, 1.82) is 36.8 Å². The second-order valence-electron chi connectivity index (χ2n) is 35.9. The Balaban J connectivity index is 0. The highest BCUT2D eigenvalue weighted by Gasteiger charge is 2.47. The van der Waals surface area contributed by atoms with Crippen LogP contribution in [0.4, 0.5) is 0 Å². The molecule has 2 aromatic rings. The fraction of sp³-hybridized carbons (Fsp3) is 0.500. The van der Waals surface area contributed by atoms with Crippen LogP contribution in [0.25, 0.3) is 16.6 Å². The van der Waals surface area contributed by atoms with E-state index in [4.69, 9.17) is 51.3 Å². The van der Waals surface area contributed by atoms with Gasteiger partial charge in [-0.05, 0) is 147 Å². The second kappa shape index (κ2) is 43.6. The van der Waals surface area contributed by atoms with Gasteiger partial charge in [-0.2, -0.15) is 36.8 Å². The number of aryl methyl sites for hydroxylation is 1. The molecule has 0 bridgehead atoms. The predicted octanol–water partition coefficient (Wildman–Crippen LogP) is 21.4. The molecule has 20 heteroatoms. The Morgan fingerprint density at radius 2 is 1.04 bits per heavy atom. The number of nitrogens with one attached hydrogen (secondary N) is 1. The maximum atomic E-state index is 12.2. The van der Waals surface area contributed by atoms with Gasteiger partial charge in [0.05, 0.1) is 53.7 Å². The quantitative estimate of drug-likeness (QED) is 0.0759. The molecule has 4 heterocycles. The van der Waals surface area contributed by atoms with Crippen LogP contribution in [0.5, 0.6) is 0 Å². The zero-order chi connectivity index (χ0) is 88.2. The monoisotopic (exact) mass is 1550 g/mol. The van der Waals surface area contributed by atoms with Gasteiger partial charge in [-0.3, -0.25) is 19.3 Å². The van der Waals surface area contributed by atoms with Gasteiger partial charge in [0.15, 0.2) is 28.6 Å². The lowest BCUT2D eigenvalue weighted by Crippen LogP contribution is -2.30. The van der Waals surface area contributed by atoms with Crippen LogP contribution >= 0.6 is 0 Å². The number of hydrogen-bond acceptors (Lipinski definition) is 17. The van der Waals surface area contributed by atoms with Gasteiger partial charge >= 0.3 is 5.97 Å². The molecule has 0 fully saturated rings. The van der Waals surface area contributed by atoms with Crippen LogP contribution in [0.1, 0.15) is 232 Å². The van der Waals surface area contributed by atoms with Crippen molar-refractivity contribution in [2.75, 3.05) is 33.9 Å². The number of ketones is 1. The van der Waals surface area contributed by atoms with Crippen molar-refractivity contribution in [1.82, 2.24) is 10.2 Å². The van der Waals surface area contributed by atoms with E-state index in [-0.39, 0.29) is 91.6 Å². The molecule has 4 aliphatic rings. The van der Waals surface area contributed by atoms with Crippen molar-refractivity contribution in [2.24, 2.45) is 42.9 Å². The summed E-state index contributed by atoms with van der Waals surface area (Å²) < 4.78 is 26.8. The standard InChI is InChI=1S/C17H23N3O3.C17H20N2O.C14H18N2O.C14H17N.C12H17NO.C10H15NO2.C9H13NO.CH4/c1-16(2,3)14-11(9-18)13(23-17(14,4)5)12(10-19)15(21)20-7-8-22-6;1-17(2,3)12-14-16(20)19(4)15(18-14)11-10-13-8-6-5-7-9-13;1-9(7-15)11-10(8-16)12(13(2,3)4)14(5,6)17-11;1-11-6-8-12(9-7-11)13(15-5)10-14(2,3)4;1-8-9(7-13)10(11(2,3)4)12(5,6)14-8;1-5-13-9(12)8(7-11)6-10(2,3)4;1-7(11)8(6-10)5-9(2,3)4;/h7-8H2,1-6H3,(H,20,21);5-12H,1-4H3;1-6H3;6-10H,1-4H3;1H2,2-6H3;6H,5H2,1-4H3;5H,1-4H3;1H4/b13-12-;11-10+,14-12-;11-9-;13-10-;;8-6+;8-5+;. The molecule has 0 aliphatic carbocycles. The van der Waals surface area contributed by atoms with Crippen LogP contribution < -0.4 is 5.32 Å². The molecule has 2 amide bonds. The molecule has 0 atom stereocenters. The average Bonchev–Trinajstić information content (AvgIpc) is 1.60. The van der Waals surface area contributed by atoms with Crippen LogP contribution in [0.3, 0.4) is 0 Å². The summed E-state index contributed by atoms with van der Waals surface area (Å²) >= 11 is 0. The molecule has 4 aliphatic heterocycles. The minimum atomic E-state index is -0.756. The number of Topliss-reactive ketones (excluding diaryl/α,β-unsaturated/α-hetero) is 1. The molecular weight excluding hydrogens is 1430 g/mol. The summed E-state index contributed by atoms with van der Waals surface area (Å²) in [6.07, 6.45) is 11.1. The Hall–Kier alpha value is -11.4. The Morgan fingerprint density at radius 1 is 0.605 bits per heavy atom. The second-order valence-corrected chi connectivity index (χ2v) is 35.9. The average molecular weight is 1560 g/mol. The van der Waals surface area contributed by atoms with E-state index in [0.717, 1.165) is 33.5 Å². The summed E-state index contributed by atoms with van der Waals surface area (Å²) in [6.45, 7) is 72.6. The third-order valence-corrected chi connectivity index (χ3v) is 15.8. The number of likely N-dealkylation sites (N-methyl/N-ethyl adjacent to an activating group) is 1. The topological polar surface area (TPSA) is 313 Å². The van der Waals surface area contributed by atoms with E-state index in [1.165, 1.54) is 19.6 Å². The maximum Gasteiger partial charge on any atom is 0.348 e. The largest absolute Gasteiger partial charge is 0.483 e. The lowest BCUT2D eigenvalue weighted by Gasteiger charge is -2.31. The number of amides is 2. The lowest BCUT2D eigenvalue weighted by atomic mass is 9.76. The van der Waals surface area contributed by atoms with Gasteiger partial charge in [0.2, 0.25) is 0 Å². The van der Waals surface area contributed by atoms with Crippen molar-refractivity contribution in [3.05, 3.63) is 198 Å². The molecule has 0 unspecified atom stereocenters. The number of esters is 1. The Kier molecular flexibility index (Phi) is 40.0. The Bertz CT molecular complexity index is 4540. The molecule has 1 N–H and O–H groups in total. The number of nitrogens with zero attached hydrogens (tertiary/aromatic N) is 10. The smallest absolute Gasteiger partial charge is 0.348 e. The molecule has 0 spiro atoms. The van der Waals surface area contributed by atoms with E-state index < -0.39 is 28.7 Å². The van der Waals surface area contributed by atoms with Crippen LogP contribution in [-0.2, 0) is 42.9 Å². The first-order chi connectivity index (χ1) is 51.5. The first-order valence-corrected chi connectivity index (χ1v) is 37.2. The van der Waals surface area contributed by atoms with E-state index in [0.29, 0.717) is 53.0 Å². The molecule has 612 valence electrons. The van der Waals surface area contributed by atoms with E-state index in [1.54, 1.807) is 37.9 Å². The van der Waals surface area contributed by atoms with Crippen molar-refractivity contribution in [3.8, 4) is 42.5 Å². The minimum absolute atomic E-state index is 0. The SMILES string of the molecule is C.C/C(C#N)=C1/OC(C)(C)C(C(C)(C)C)=C1C#N.C=C1OC(C)(C)C(C(C)(C)C)=C1C#N.CC(=O)/C(C#N)=C/C(C)(C)C.CCOC(=O)/C(C#N)=C/C(C)(C)C.CN1C(=O)/C(=C/C(C)(C)C)N=C1/C=C/c1ccccc1.COCCNC(=O)/C(C#N)=C1\OC(C)(C)C(C(C)(C)C)=C1C#N.[C-]#[N+]/C(=C\C(C)(C)C)c1ccc(C)cc1. The third kappa shape index (κ3) is 34.3. The number of aliphatic imine (C=N–C) groups is 1. The maximum absolute atomic E-state index is 12.2. The van der Waals surface area contributed by atoms with E-state index in [9.17, 15) is 35.0 Å². The van der Waals surface area contributed by atoms with Gasteiger partial charge in [0, 0.05) is 20.7 Å². The molecule has 0 saturated carbocycles. The van der Waals surface area contributed by atoms with Crippen molar-refractivity contribution in [2.45, 2.75) is 239 Å². The van der Waals surface area contributed by atoms with Crippen LogP contribution in [0.15, 0.2) is 175 Å². The van der Waals surface area contributed by atoms with Crippen LogP contribution in [-0.4, -0.2) is 85.0 Å². The van der Waals surface area contributed by atoms with E-state index in [1.807, 2.05) is 201 Å². The number of carbonyl (C=O) groups is 4. The van der Waals surface area contributed by atoms with E-state index in [2.05, 4.69) is 136 Å². The first kappa shape index (κ1) is 105. The fourth-order valence-electron chi connectivity index (χ4n) is 12.3. The van der Waals surface area contributed by atoms with E-state index >= 15 is 0 Å². The first-order valence-electron chi connectivity index (χ1n) is 37.2. The summed E-state index contributed by atoms with van der Waals surface area (Å²) in [4.78, 5) is 55.8. The number of ether oxygens (including phenoxy) is 5. The lowest BCUT2D eigenvalue weighted by molar-refractivity contribution is -0.138. The normalized spacial score (nSPS) is 17.0. The molecular formula is C94H127N11O9. The summed E-state index contributed by atoms with van der Waals surface area (Å²) in [5, 5.41) is 66.0. The number of hydrogen-bond donors (Lipinski definition) is 1. The van der Waals surface area contributed by atoms with Gasteiger partial charge in [-0.15, -0.1) is 0 Å². The van der Waals surface area contributed by atoms with Gasteiger partial charge in [-0.25, -0.2) is 14.6 Å². The van der Waals surface area contributed by atoms with Gasteiger partial charge < -0.3 is 29.0 Å². The summed E-state index contributed by atoms with van der Waals surface area (Å²) in [5.41, 5.74) is 6.79. The fourth-order valence-corrected chi connectivity index (χ4v) is 12.3. The zero-order valence-electron chi connectivity index (χ0n) is 73.6. The number of allylic oxidation sites excluding steroid dienone is 9. The van der Waals surface area contributed by atoms with Crippen LogP contribution in [0, 0.1) is 131 Å². The predicted molar refractivity (Wildman–Crippen MR) is 456 cm³/mol. The highest BCUT2D eigenvalue weighted by molar-refractivity contribution is 6.16. The summed E-state index contributed by atoms with van der Waals surface area (Å²) in [6, 6.07) is 32.1. The van der Waals surface area contributed by atoms with Crippen LogP contribution in [0.2, 0.25) is 0 Å². The molecule has 0 radical (unpaired) electrons. The molecule has 0 saturated heterocycles. The highest BCUT2D eigenvalue weighted by atomic mass is 16.5. The highest BCUT2D eigenvalue weighted by Crippen LogP contribution is 2.50. The van der Waals surface area contributed by atoms with Gasteiger partial charge in [0.25, 0.3) is 11.8 Å². The molecule has 0 aromatic heterocycles. The number of carbonyl (C=O) groups excluding carboxylic acids is 4. The molecule has 114 heavy (non-hydrogen) atoms. The Labute approximate surface area is 684 Å². The molecule has 2 aromatic carbocycles. The van der Waals surface area contributed by atoms with Crippen molar-refractivity contribution >= 4 is 41.2 Å². The van der Waals surface area contributed by atoms with Crippen molar-refractivity contribution in [3.63, 3.8) is 0 Å². The summed E-state index contributed by atoms with van der Waals surface area (Å²) in [7, 11) is 3.27. The number of benzene rings is 2. The Morgan fingerprint density at radius 3 is 1.39 bits per heavy atom. The minimum Gasteiger partial charge on any atom is -0.483 e. The number of amidine groups is 1. The zero-order valence-corrected chi connectivity index (χ0v) is 73.6. The molecule has 6 rings (SSSR count). The number of rotatable bonds is 10. The van der Waals surface area contributed by atoms with Gasteiger partial charge in [0.1, 0.15) is 76.1 Å². The summed E-state index contributed by atoms with van der Waals surface area (Å²) in [5.74, 6) is 0.342. The van der Waals surface area contributed by atoms with Gasteiger partial charge in [-0.1, -0.05) is 244 Å². The molecule has 20 nitrogen and oxygen atoms in total.